The lowest BCUT2D eigenvalue weighted by Crippen LogP contribution is -2.54. The van der Waals surface area contributed by atoms with Gasteiger partial charge in [-0.2, -0.15) is 0 Å². The van der Waals surface area contributed by atoms with Crippen LogP contribution in [-0.4, -0.2) is 129 Å². The summed E-state index contributed by atoms with van der Waals surface area (Å²) in [7, 11) is 5.16. The topological polar surface area (TPSA) is 213 Å². The van der Waals surface area contributed by atoms with Gasteiger partial charge in [0.15, 0.2) is 17.4 Å². The number of hydrogen-bond donors (Lipinski definition) is 1. The normalized spacial score (nSPS) is 15.5. The number of Topliss-reactive ketones (excluding diaryl/α,β-unsaturated/α-hetero) is 2. The second-order valence-corrected chi connectivity index (χ2v) is 16.3. The minimum atomic E-state index is -1.09. The first kappa shape index (κ1) is 48.1. The van der Waals surface area contributed by atoms with Crippen molar-refractivity contribution in [1.29, 1.82) is 0 Å². The monoisotopic (exact) mass is 918 g/mol. The van der Waals surface area contributed by atoms with Crippen LogP contribution in [-0.2, 0) is 35.0 Å². The Hall–Kier alpha value is -6.89. The van der Waals surface area contributed by atoms with Crippen LogP contribution < -0.4 is 24.6 Å². The number of nitrogens with one attached hydrogen (secondary N) is 1. The maximum absolute atomic E-state index is 13.2. The SMILES string of the molecule is COc1cc(C(=O)CCCCOCCOCCOCCCCC(=O)COc2cccc3c2C(=O)N(C2CCC(=O)NC2=O)C3=O)ccc1Cc1ncc2c(n1)N(C)c1ccccc1C(=O)N2C. The van der Waals surface area contributed by atoms with E-state index in [-0.39, 0.29) is 60.2 Å². The van der Waals surface area contributed by atoms with E-state index in [1.165, 1.54) is 12.1 Å². The number of imide groups is 2. The van der Waals surface area contributed by atoms with E-state index in [1.54, 1.807) is 49.5 Å². The van der Waals surface area contributed by atoms with Crippen molar-refractivity contribution in [3.63, 3.8) is 0 Å². The first-order valence-electron chi connectivity index (χ1n) is 22.4. The molecule has 0 aliphatic carbocycles. The summed E-state index contributed by atoms with van der Waals surface area (Å²) in [5, 5.41) is 2.17. The summed E-state index contributed by atoms with van der Waals surface area (Å²) in [5.41, 5.74) is 3.41. The number of carbonyl (C=O) groups excluding carboxylic acids is 7. The van der Waals surface area contributed by atoms with Crippen molar-refractivity contribution < 1.29 is 57.2 Å². The van der Waals surface area contributed by atoms with Gasteiger partial charge in [-0.15, -0.1) is 0 Å². The second-order valence-electron chi connectivity index (χ2n) is 16.3. The molecule has 3 aliphatic rings. The van der Waals surface area contributed by atoms with Crippen LogP contribution in [0, 0.1) is 0 Å². The number of ketones is 2. The number of aromatic nitrogens is 2. The summed E-state index contributed by atoms with van der Waals surface area (Å²) >= 11 is 0. The highest BCUT2D eigenvalue weighted by molar-refractivity contribution is 6.24. The minimum Gasteiger partial charge on any atom is -0.496 e. The van der Waals surface area contributed by atoms with Crippen LogP contribution >= 0.6 is 0 Å². The molecule has 0 saturated carbocycles. The molecule has 3 aromatic carbocycles. The van der Waals surface area contributed by atoms with Crippen molar-refractivity contribution in [3.05, 3.63) is 101 Å². The van der Waals surface area contributed by atoms with Crippen molar-refractivity contribution in [2.45, 2.75) is 63.8 Å². The highest BCUT2D eigenvalue weighted by Crippen LogP contribution is 2.38. The Balaban J connectivity index is 0.716. The average Bonchev–Trinajstić information content (AvgIpc) is 3.55. The number of hydrogen-bond acceptors (Lipinski definition) is 15. The van der Waals surface area contributed by atoms with Crippen molar-refractivity contribution in [1.82, 2.24) is 20.2 Å². The Labute approximate surface area is 387 Å². The molecule has 0 radical (unpaired) electrons. The van der Waals surface area contributed by atoms with E-state index < -0.39 is 29.7 Å². The molecule has 4 heterocycles. The third-order valence-corrected chi connectivity index (χ3v) is 11.7. The molecule has 1 unspecified atom stereocenters. The van der Waals surface area contributed by atoms with Crippen LogP contribution in [0.15, 0.2) is 66.9 Å². The first-order valence-corrected chi connectivity index (χ1v) is 22.4. The highest BCUT2D eigenvalue weighted by Gasteiger charge is 2.46. The summed E-state index contributed by atoms with van der Waals surface area (Å²) in [6.45, 7) is 2.26. The van der Waals surface area contributed by atoms with E-state index in [2.05, 4.69) is 10.3 Å². The third-order valence-electron chi connectivity index (χ3n) is 11.7. The molecule has 5 amide bonds. The molecule has 352 valence electrons. The smallest absolute Gasteiger partial charge is 0.266 e. The van der Waals surface area contributed by atoms with Gasteiger partial charge in [-0.05, 0) is 62.4 Å². The zero-order valence-corrected chi connectivity index (χ0v) is 37.9. The average molecular weight is 919 g/mol. The molecule has 18 nitrogen and oxygen atoms in total. The van der Waals surface area contributed by atoms with Crippen molar-refractivity contribution >= 4 is 58.3 Å². The quantitative estimate of drug-likeness (QED) is 0.0553. The number of rotatable bonds is 24. The molecule has 1 fully saturated rings. The lowest BCUT2D eigenvalue weighted by molar-refractivity contribution is -0.136. The lowest BCUT2D eigenvalue weighted by Gasteiger charge is -2.27. The fourth-order valence-electron chi connectivity index (χ4n) is 8.09. The minimum absolute atomic E-state index is 0.0000426. The molecule has 1 saturated heterocycles. The van der Waals surface area contributed by atoms with Gasteiger partial charge in [-0.1, -0.05) is 30.3 Å². The molecule has 0 bridgehead atoms. The van der Waals surface area contributed by atoms with Crippen molar-refractivity contribution in [3.8, 4) is 11.5 Å². The van der Waals surface area contributed by atoms with E-state index in [1.807, 2.05) is 36.2 Å². The van der Waals surface area contributed by atoms with Gasteiger partial charge in [0.1, 0.15) is 35.7 Å². The van der Waals surface area contributed by atoms with Crippen LogP contribution in [0.1, 0.15) is 104 Å². The highest BCUT2D eigenvalue weighted by atomic mass is 16.5. The number of unbranched alkanes of at least 4 members (excludes halogenated alkanes) is 2. The summed E-state index contributed by atoms with van der Waals surface area (Å²) in [6.07, 6.45) is 5.29. The van der Waals surface area contributed by atoms with Gasteiger partial charge < -0.3 is 33.5 Å². The molecule has 18 heteroatoms. The maximum Gasteiger partial charge on any atom is 0.266 e. The number of carbonyl (C=O) groups is 7. The van der Waals surface area contributed by atoms with Gasteiger partial charge >= 0.3 is 0 Å². The van der Waals surface area contributed by atoms with Gasteiger partial charge in [-0.3, -0.25) is 43.8 Å². The van der Waals surface area contributed by atoms with Crippen molar-refractivity contribution in [2.75, 3.05) is 77.3 Å². The summed E-state index contributed by atoms with van der Waals surface area (Å²) in [5.74, 6) is -0.997. The predicted molar refractivity (Wildman–Crippen MR) is 243 cm³/mol. The van der Waals surface area contributed by atoms with Crippen LogP contribution in [0.4, 0.5) is 17.2 Å². The number of amides is 5. The number of nitrogens with zero attached hydrogens (tertiary/aromatic N) is 5. The Morgan fingerprint density at radius 1 is 0.731 bits per heavy atom. The van der Waals surface area contributed by atoms with Crippen LogP contribution in [0.3, 0.4) is 0 Å². The number of methoxy groups -OCH3 is 1. The molecular weight excluding hydrogens is 865 g/mol. The number of fused-ring (bicyclic) bond motifs is 3. The number of ether oxygens (including phenoxy) is 5. The van der Waals surface area contributed by atoms with Crippen LogP contribution in [0.25, 0.3) is 0 Å². The molecule has 1 aromatic heterocycles. The summed E-state index contributed by atoms with van der Waals surface area (Å²) in [4.78, 5) is 103. The standard InChI is InChI=1S/C49H54N6O12/c1-53-36-14-5-4-12-34(36)47(60)54(2)38-29-50-42(51-45(38)53)28-32-18-17-31(27-41(32)63-3)39(57)15-7-9-22-65-24-26-66-25-23-64-21-8-6-11-33(56)30-67-40-16-10-13-35-44(40)49(62)55(48(35)61)37-19-20-43(58)52-46(37)59/h4-5,10,12-14,16-18,27,29,37H,6-9,11,15,19-26,28,30H2,1-3H3,(H,52,58,59). The van der Waals surface area contributed by atoms with E-state index in [4.69, 9.17) is 28.7 Å². The summed E-state index contributed by atoms with van der Waals surface area (Å²) < 4.78 is 28.2. The molecule has 7 rings (SSSR count). The van der Waals surface area contributed by atoms with Gasteiger partial charge in [-0.25, -0.2) is 9.97 Å². The fraction of sp³-hybridized carbons (Fsp3) is 0.408. The molecule has 67 heavy (non-hydrogen) atoms. The van der Waals surface area contributed by atoms with Gasteiger partial charge in [0.25, 0.3) is 17.7 Å². The van der Waals surface area contributed by atoms with Crippen LogP contribution in [0.2, 0.25) is 0 Å². The van der Waals surface area contributed by atoms with Crippen LogP contribution in [0.5, 0.6) is 11.5 Å². The number of piperidine rings is 1. The predicted octanol–water partition coefficient (Wildman–Crippen LogP) is 5.06. The number of benzene rings is 3. The van der Waals surface area contributed by atoms with E-state index in [9.17, 15) is 33.6 Å². The molecule has 4 aromatic rings. The van der Waals surface area contributed by atoms with E-state index >= 15 is 0 Å². The molecule has 3 aliphatic heterocycles. The van der Waals surface area contributed by atoms with Crippen molar-refractivity contribution in [2.24, 2.45) is 0 Å². The Kier molecular flexibility index (Phi) is 16.2. The largest absolute Gasteiger partial charge is 0.496 e. The Morgan fingerprint density at radius 2 is 1.43 bits per heavy atom. The first-order chi connectivity index (χ1) is 32.5. The number of para-hydroxylation sites is 1. The Bertz CT molecular complexity index is 2530. The molecule has 1 N–H and O–H groups in total. The van der Waals surface area contributed by atoms with Gasteiger partial charge in [0.2, 0.25) is 11.8 Å². The van der Waals surface area contributed by atoms with Gasteiger partial charge in [0.05, 0.1) is 62.1 Å². The number of anilines is 3. The Morgan fingerprint density at radius 3 is 2.16 bits per heavy atom. The third kappa shape index (κ3) is 11.4. The zero-order chi connectivity index (χ0) is 47.5. The fourth-order valence-corrected chi connectivity index (χ4v) is 8.09. The lowest BCUT2D eigenvalue weighted by atomic mass is 10.0. The van der Waals surface area contributed by atoms with E-state index in [0.717, 1.165) is 16.2 Å². The summed E-state index contributed by atoms with van der Waals surface area (Å²) in [6, 6.07) is 16.2. The molecule has 1 atom stereocenters. The zero-order valence-electron chi connectivity index (χ0n) is 37.9. The second kappa shape index (κ2) is 22.5. The van der Waals surface area contributed by atoms with E-state index in [0.29, 0.717) is 112 Å². The maximum atomic E-state index is 13.2. The molecular formula is C49H54N6O12. The van der Waals surface area contributed by atoms with Gasteiger partial charge in [0, 0.05) is 64.1 Å². The molecule has 0 spiro atoms.